The standard InChI is InChI=1S/C12H25N/c1-4-12(5-2)13-9-11-8-6-7-10(11)3/h10-13H,4-9H2,1-3H3. The van der Waals surface area contributed by atoms with Crippen LogP contribution in [0.5, 0.6) is 0 Å². The summed E-state index contributed by atoms with van der Waals surface area (Å²) in [5.74, 6) is 1.92. The van der Waals surface area contributed by atoms with Crippen molar-refractivity contribution in [2.75, 3.05) is 6.54 Å². The highest BCUT2D eigenvalue weighted by molar-refractivity contribution is 4.77. The Balaban J connectivity index is 2.17. The molecule has 0 aromatic heterocycles. The van der Waals surface area contributed by atoms with Gasteiger partial charge in [-0.05, 0) is 37.6 Å². The van der Waals surface area contributed by atoms with Crippen molar-refractivity contribution in [3.63, 3.8) is 0 Å². The first kappa shape index (κ1) is 11.0. The molecule has 1 aliphatic rings. The average molecular weight is 183 g/mol. The monoisotopic (exact) mass is 183 g/mol. The van der Waals surface area contributed by atoms with Gasteiger partial charge < -0.3 is 5.32 Å². The van der Waals surface area contributed by atoms with Crippen molar-refractivity contribution in [1.29, 1.82) is 0 Å². The lowest BCUT2D eigenvalue weighted by Gasteiger charge is -2.20. The lowest BCUT2D eigenvalue weighted by molar-refractivity contribution is 0.358. The third kappa shape index (κ3) is 3.30. The van der Waals surface area contributed by atoms with E-state index in [4.69, 9.17) is 0 Å². The second-order valence-electron chi connectivity index (χ2n) is 4.59. The van der Waals surface area contributed by atoms with Crippen molar-refractivity contribution in [2.45, 2.75) is 58.9 Å². The molecule has 0 spiro atoms. The molecule has 1 aliphatic carbocycles. The van der Waals surface area contributed by atoms with E-state index in [9.17, 15) is 0 Å². The zero-order valence-corrected chi connectivity index (χ0v) is 9.47. The van der Waals surface area contributed by atoms with Gasteiger partial charge in [0, 0.05) is 6.04 Å². The van der Waals surface area contributed by atoms with Crippen LogP contribution in [0.4, 0.5) is 0 Å². The molecule has 2 unspecified atom stereocenters. The van der Waals surface area contributed by atoms with E-state index in [-0.39, 0.29) is 0 Å². The minimum absolute atomic E-state index is 0.757. The van der Waals surface area contributed by atoms with Crippen LogP contribution in [-0.2, 0) is 0 Å². The predicted molar refractivity (Wildman–Crippen MR) is 58.9 cm³/mol. The van der Waals surface area contributed by atoms with E-state index in [1.54, 1.807) is 0 Å². The van der Waals surface area contributed by atoms with Crippen molar-refractivity contribution in [2.24, 2.45) is 11.8 Å². The Hall–Kier alpha value is -0.0400. The van der Waals surface area contributed by atoms with E-state index in [2.05, 4.69) is 26.1 Å². The number of rotatable bonds is 5. The Morgan fingerprint density at radius 1 is 1.23 bits per heavy atom. The van der Waals surface area contributed by atoms with E-state index in [0.717, 1.165) is 17.9 Å². The molecule has 0 radical (unpaired) electrons. The van der Waals surface area contributed by atoms with Crippen LogP contribution in [-0.4, -0.2) is 12.6 Å². The molecule has 0 heterocycles. The molecule has 1 nitrogen and oxygen atoms in total. The first-order valence-corrected chi connectivity index (χ1v) is 6.01. The van der Waals surface area contributed by atoms with Crippen LogP contribution >= 0.6 is 0 Å². The second-order valence-corrected chi connectivity index (χ2v) is 4.59. The highest BCUT2D eigenvalue weighted by Gasteiger charge is 2.23. The minimum atomic E-state index is 0.757. The fourth-order valence-electron chi connectivity index (χ4n) is 2.42. The highest BCUT2D eigenvalue weighted by atomic mass is 14.9. The molecule has 0 aromatic carbocycles. The van der Waals surface area contributed by atoms with Crippen LogP contribution in [0.2, 0.25) is 0 Å². The van der Waals surface area contributed by atoms with Gasteiger partial charge >= 0.3 is 0 Å². The molecule has 1 heteroatoms. The Bertz CT molecular complexity index is 129. The van der Waals surface area contributed by atoms with Gasteiger partial charge in [0.15, 0.2) is 0 Å². The van der Waals surface area contributed by atoms with Gasteiger partial charge in [-0.25, -0.2) is 0 Å². The SMILES string of the molecule is CCC(CC)NCC1CCCC1C. The zero-order valence-electron chi connectivity index (χ0n) is 9.47. The summed E-state index contributed by atoms with van der Waals surface area (Å²) in [5, 5.41) is 3.69. The molecule has 0 bridgehead atoms. The molecule has 0 saturated heterocycles. The number of nitrogens with one attached hydrogen (secondary N) is 1. The second kappa shape index (κ2) is 5.64. The maximum Gasteiger partial charge on any atom is 0.00619 e. The van der Waals surface area contributed by atoms with E-state index < -0.39 is 0 Å². The first-order valence-electron chi connectivity index (χ1n) is 6.01. The fraction of sp³-hybridized carbons (Fsp3) is 1.00. The summed E-state index contributed by atoms with van der Waals surface area (Å²) < 4.78 is 0. The van der Waals surface area contributed by atoms with Crippen LogP contribution in [0.1, 0.15) is 52.9 Å². The summed E-state index contributed by atoms with van der Waals surface area (Å²) in [6, 6.07) is 0.757. The number of hydrogen-bond acceptors (Lipinski definition) is 1. The quantitative estimate of drug-likeness (QED) is 0.690. The Morgan fingerprint density at radius 2 is 1.92 bits per heavy atom. The average Bonchev–Trinajstić information content (AvgIpc) is 2.54. The van der Waals surface area contributed by atoms with Crippen molar-refractivity contribution < 1.29 is 0 Å². The molecule has 0 aliphatic heterocycles. The van der Waals surface area contributed by atoms with Gasteiger partial charge in [-0.1, -0.05) is 33.6 Å². The normalized spacial score (nSPS) is 28.6. The summed E-state index contributed by atoms with van der Waals surface area (Å²) in [4.78, 5) is 0. The van der Waals surface area contributed by atoms with E-state index in [0.29, 0.717) is 0 Å². The van der Waals surface area contributed by atoms with Gasteiger partial charge in [-0.3, -0.25) is 0 Å². The summed E-state index contributed by atoms with van der Waals surface area (Å²) in [6.45, 7) is 8.22. The summed E-state index contributed by atoms with van der Waals surface area (Å²) in [5.41, 5.74) is 0. The predicted octanol–water partition coefficient (Wildman–Crippen LogP) is 3.20. The van der Waals surface area contributed by atoms with Gasteiger partial charge in [-0.2, -0.15) is 0 Å². The molecule has 1 N–H and O–H groups in total. The lowest BCUT2D eigenvalue weighted by Crippen LogP contribution is -2.33. The van der Waals surface area contributed by atoms with Crippen molar-refractivity contribution in [3.8, 4) is 0 Å². The van der Waals surface area contributed by atoms with Crippen molar-refractivity contribution in [1.82, 2.24) is 5.32 Å². The molecule has 78 valence electrons. The minimum Gasteiger partial charge on any atom is -0.314 e. The molecule has 2 atom stereocenters. The maximum atomic E-state index is 3.69. The van der Waals surface area contributed by atoms with Crippen molar-refractivity contribution in [3.05, 3.63) is 0 Å². The van der Waals surface area contributed by atoms with Gasteiger partial charge in [0.1, 0.15) is 0 Å². The summed E-state index contributed by atoms with van der Waals surface area (Å²) >= 11 is 0. The Labute approximate surface area is 83.3 Å². The smallest absolute Gasteiger partial charge is 0.00619 e. The van der Waals surface area contributed by atoms with Crippen LogP contribution in [0.3, 0.4) is 0 Å². The van der Waals surface area contributed by atoms with E-state index in [1.807, 2.05) is 0 Å². The van der Waals surface area contributed by atoms with E-state index in [1.165, 1.54) is 38.6 Å². The Kier molecular flexibility index (Phi) is 4.79. The topological polar surface area (TPSA) is 12.0 Å². The molecule has 1 fully saturated rings. The van der Waals surface area contributed by atoms with Gasteiger partial charge in [0.2, 0.25) is 0 Å². The lowest BCUT2D eigenvalue weighted by atomic mass is 9.97. The molecule has 0 aromatic rings. The molecular weight excluding hydrogens is 158 g/mol. The molecular formula is C12H25N. The molecule has 1 rings (SSSR count). The number of hydrogen-bond donors (Lipinski definition) is 1. The van der Waals surface area contributed by atoms with Crippen LogP contribution < -0.4 is 5.32 Å². The third-order valence-corrected chi connectivity index (χ3v) is 3.69. The summed E-state index contributed by atoms with van der Waals surface area (Å²) in [7, 11) is 0. The maximum absolute atomic E-state index is 3.69. The summed E-state index contributed by atoms with van der Waals surface area (Å²) in [6.07, 6.45) is 6.91. The first-order chi connectivity index (χ1) is 6.27. The highest BCUT2D eigenvalue weighted by Crippen LogP contribution is 2.30. The molecule has 13 heavy (non-hydrogen) atoms. The zero-order chi connectivity index (χ0) is 9.68. The Morgan fingerprint density at radius 3 is 2.38 bits per heavy atom. The van der Waals surface area contributed by atoms with Crippen LogP contribution in [0, 0.1) is 11.8 Å². The van der Waals surface area contributed by atoms with E-state index >= 15 is 0 Å². The molecule has 0 amide bonds. The van der Waals surface area contributed by atoms with Gasteiger partial charge in [0.05, 0.1) is 0 Å². The van der Waals surface area contributed by atoms with Crippen molar-refractivity contribution >= 4 is 0 Å². The fourth-order valence-corrected chi connectivity index (χ4v) is 2.42. The van der Waals surface area contributed by atoms with Crippen LogP contribution in [0.25, 0.3) is 0 Å². The van der Waals surface area contributed by atoms with Gasteiger partial charge in [0.25, 0.3) is 0 Å². The van der Waals surface area contributed by atoms with Gasteiger partial charge in [-0.15, -0.1) is 0 Å². The van der Waals surface area contributed by atoms with Crippen LogP contribution in [0.15, 0.2) is 0 Å². The third-order valence-electron chi connectivity index (χ3n) is 3.69. The molecule has 1 saturated carbocycles. The largest absolute Gasteiger partial charge is 0.314 e.